The minimum absolute atomic E-state index is 0.122. The number of ether oxygens (including phenoxy) is 1. The number of carbonyl (C=O) groups excluding carboxylic acids is 1. The Morgan fingerprint density at radius 2 is 1.78 bits per heavy atom. The van der Waals surface area contributed by atoms with Gasteiger partial charge in [-0.3, -0.25) is 4.79 Å². The highest BCUT2D eigenvalue weighted by Gasteiger charge is 2.10. The van der Waals surface area contributed by atoms with Crippen molar-refractivity contribution in [3.63, 3.8) is 0 Å². The van der Waals surface area contributed by atoms with E-state index in [1.54, 1.807) is 12.1 Å². The first-order valence-electron chi connectivity index (χ1n) is 5.59. The van der Waals surface area contributed by atoms with Crippen LogP contribution in [0.15, 0.2) is 36.4 Å². The Kier molecular flexibility index (Phi) is 3.33. The van der Waals surface area contributed by atoms with Crippen molar-refractivity contribution in [2.24, 2.45) is 0 Å². The van der Waals surface area contributed by atoms with Crippen LogP contribution in [0.3, 0.4) is 0 Å². The fraction of sp³-hybridized carbons (Fsp3) is 0.133. The molecule has 1 N–H and O–H groups in total. The highest BCUT2D eigenvalue weighted by molar-refractivity contribution is 5.85. The molecule has 0 fully saturated rings. The minimum atomic E-state index is -0.122. The van der Waals surface area contributed by atoms with Gasteiger partial charge in [0.25, 0.3) is 0 Å². The molecule has 0 aliphatic carbocycles. The van der Waals surface area contributed by atoms with E-state index >= 15 is 0 Å². The smallest absolute Gasteiger partial charge is 0.168 e. The molecule has 2 aromatic carbocycles. The number of aldehydes is 1. The SMILES string of the molecule is COc1cc(-c2ccc(C)cc2)cc(C=O)c1O. The molecule has 0 amide bonds. The van der Waals surface area contributed by atoms with Crippen LogP contribution in [0, 0.1) is 6.92 Å². The molecule has 92 valence electrons. The van der Waals surface area contributed by atoms with Crippen molar-refractivity contribution in [1.82, 2.24) is 0 Å². The van der Waals surface area contributed by atoms with Gasteiger partial charge in [-0.25, -0.2) is 0 Å². The summed E-state index contributed by atoms with van der Waals surface area (Å²) >= 11 is 0. The maximum Gasteiger partial charge on any atom is 0.168 e. The second-order valence-corrected chi connectivity index (χ2v) is 4.10. The second-order valence-electron chi connectivity index (χ2n) is 4.10. The number of hydrogen-bond acceptors (Lipinski definition) is 3. The summed E-state index contributed by atoms with van der Waals surface area (Å²) in [5, 5.41) is 9.75. The normalized spacial score (nSPS) is 10.1. The van der Waals surface area contributed by atoms with E-state index < -0.39 is 0 Å². The lowest BCUT2D eigenvalue weighted by Crippen LogP contribution is -1.90. The van der Waals surface area contributed by atoms with E-state index in [2.05, 4.69) is 0 Å². The molecule has 0 unspecified atom stereocenters. The number of methoxy groups -OCH3 is 1. The lowest BCUT2D eigenvalue weighted by molar-refractivity contribution is 0.112. The van der Waals surface area contributed by atoms with Gasteiger partial charge in [0.15, 0.2) is 17.8 Å². The molecule has 0 heterocycles. The van der Waals surface area contributed by atoms with Crippen molar-refractivity contribution in [2.45, 2.75) is 6.92 Å². The van der Waals surface area contributed by atoms with Gasteiger partial charge >= 0.3 is 0 Å². The molecule has 3 heteroatoms. The standard InChI is InChI=1S/C15H14O3/c1-10-3-5-11(6-4-10)12-7-13(9-16)15(17)14(8-12)18-2/h3-9,17H,1-2H3. The molecular weight excluding hydrogens is 228 g/mol. The average molecular weight is 242 g/mol. The molecule has 0 aliphatic rings. The van der Waals surface area contributed by atoms with Crippen molar-refractivity contribution in [1.29, 1.82) is 0 Å². The summed E-state index contributed by atoms with van der Waals surface area (Å²) in [7, 11) is 1.46. The number of benzene rings is 2. The van der Waals surface area contributed by atoms with Crippen LogP contribution in [0.1, 0.15) is 15.9 Å². The zero-order valence-electron chi connectivity index (χ0n) is 10.3. The van der Waals surface area contributed by atoms with Gasteiger partial charge in [-0.15, -0.1) is 0 Å². The number of rotatable bonds is 3. The molecule has 0 saturated carbocycles. The number of hydrogen-bond donors (Lipinski definition) is 1. The molecule has 18 heavy (non-hydrogen) atoms. The number of aryl methyl sites for hydroxylation is 1. The van der Waals surface area contributed by atoms with Gasteiger partial charge in [0, 0.05) is 0 Å². The van der Waals surface area contributed by atoms with Gasteiger partial charge in [-0.2, -0.15) is 0 Å². The van der Waals surface area contributed by atoms with Gasteiger partial charge in [-0.05, 0) is 30.2 Å². The van der Waals surface area contributed by atoms with Crippen LogP contribution < -0.4 is 4.74 Å². The quantitative estimate of drug-likeness (QED) is 0.841. The van der Waals surface area contributed by atoms with Gasteiger partial charge < -0.3 is 9.84 Å². The summed E-state index contributed by atoms with van der Waals surface area (Å²) < 4.78 is 5.06. The van der Waals surface area contributed by atoms with Crippen molar-refractivity contribution in [3.05, 3.63) is 47.5 Å². The van der Waals surface area contributed by atoms with Crippen LogP contribution in [0.2, 0.25) is 0 Å². The van der Waals surface area contributed by atoms with E-state index in [9.17, 15) is 9.90 Å². The van der Waals surface area contributed by atoms with E-state index in [0.717, 1.165) is 11.1 Å². The Labute approximate surface area is 106 Å². The first-order chi connectivity index (χ1) is 8.65. The van der Waals surface area contributed by atoms with E-state index in [0.29, 0.717) is 12.0 Å². The lowest BCUT2D eigenvalue weighted by atomic mass is 10.0. The fourth-order valence-electron chi connectivity index (χ4n) is 1.79. The van der Waals surface area contributed by atoms with Crippen LogP contribution in [-0.2, 0) is 0 Å². The highest BCUT2D eigenvalue weighted by atomic mass is 16.5. The Hall–Kier alpha value is -2.29. The van der Waals surface area contributed by atoms with Crippen LogP contribution in [0.4, 0.5) is 0 Å². The molecule has 0 aromatic heterocycles. The third-order valence-corrected chi connectivity index (χ3v) is 2.84. The zero-order chi connectivity index (χ0) is 13.1. The summed E-state index contributed by atoms with van der Waals surface area (Å²) in [5.41, 5.74) is 3.21. The maximum absolute atomic E-state index is 10.9. The largest absolute Gasteiger partial charge is 0.504 e. The lowest BCUT2D eigenvalue weighted by Gasteiger charge is -2.09. The third kappa shape index (κ3) is 2.20. The van der Waals surface area contributed by atoms with Crippen LogP contribution in [0.25, 0.3) is 11.1 Å². The molecular formula is C15H14O3. The van der Waals surface area contributed by atoms with Crippen LogP contribution >= 0.6 is 0 Å². The Morgan fingerprint density at radius 3 is 2.33 bits per heavy atom. The summed E-state index contributed by atoms with van der Waals surface area (Å²) in [5.74, 6) is 0.179. The molecule has 0 radical (unpaired) electrons. The summed E-state index contributed by atoms with van der Waals surface area (Å²) in [4.78, 5) is 10.9. The number of phenols is 1. The Morgan fingerprint density at radius 1 is 1.11 bits per heavy atom. The second kappa shape index (κ2) is 4.92. The van der Waals surface area contributed by atoms with E-state index in [1.165, 1.54) is 12.7 Å². The van der Waals surface area contributed by atoms with Gasteiger partial charge in [0.05, 0.1) is 12.7 Å². The van der Waals surface area contributed by atoms with Crippen LogP contribution in [-0.4, -0.2) is 18.5 Å². The van der Waals surface area contributed by atoms with Crippen LogP contribution in [0.5, 0.6) is 11.5 Å². The topological polar surface area (TPSA) is 46.5 Å². The predicted octanol–water partition coefficient (Wildman–Crippen LogP) is 3.19. The van der Waals surface area contributed by atoms with Crippen molar-refractivity contribution in [2.75, 3.05) is 7.11 Å². The first kappa shape index (κ1) is 12.2. The summed E-state index contributed by atoms with van der Waals surface area (Å²) in [6.45, 7) is 2.01. The predicted molar refractivity (Wildman–Crippen MR) is 70.2 cm³/mol. The first-order valence-corrected chi connectivity index (χ1v) is 5.59. The number of aromatic hydroxyl groups is 1. The summed E-state index contributed by atoms with van der Waals surface area (Å²) in [6.07, 6.45) is 0.621. The molecule has 0 bridgehead atoms. The van der Waals surface area contributed by atoms with E-state index in [-0.39, 0.29) is 11.3 Å². The van der Waals surface area contributed by atoms with E-state index in [1.807, 2.05) is 31.2 Å². The van der Waals surface area contributed by atoms with Crippen molar-refractivity contribution in [3.8, 4) is 22.6 Å². The summed E-state index contributed by atoms with van der Waals surface area (Å²) in [6, 6.07) is 11.3. The van der Waals surface area contributed by atoms with Gasteiger partial charge in [0.2, 0.25) is 0 Å². The molecule has 3 nitrogen and oxygen atoms in total. The molecule has 0 atom stereocenters. The molecule has 2 aromatic rings. The van der Waals surface area contributed by atoms with Crippen molar-refractivity contribution >= 4 is 6.29 Å². The molecule has 0 spiro atoms. The highest BCUT2D eigenvalue weighted by Crippen LogP contribution is 2.34. The fourth-order valence-corrected chi connectivity index (χ4v) is 1.79. The van der Waals surface area contributed by atoms with Gasteiger partial charge in [0.1, 0.15) is 0 Å². The van der Waals surface area contributed by atoms with Gasteiger partial charge in [-0.1, -0.05) is 29.8 Å². The average Bonchev–Trinajstić information content (AvgIpc) is 2.40. The zero-order valence-corrected chi connectivity index (χ0v) is 10.3. The number of carbonyl (C=O) groups is 1. The van der Waals surface area contributed by atoms with E-state index in [4.69, 9.17) is 4.74 Å². The minimum Gasteiger partial charge on any atom is -0.504 e. The molecule has 0 aliphatic heterocycles. The molecule has 0 saturated heterocycles. The molecule has 2 rings (SSSR count). The van der Waals surface area contributed by atoms with Crippen molar-refractivity contribution < 1.29 is 14.6 Å². The maximum atomic E-state index is 10.9. The monoisotopic (exact) mass is 242 g/mol. The number of phenolic OH excluding ortho intramolecular Hbond substituents is 1. The Balaban J connectivity index is 2.57. The third-order valence-electron chi connectivity index (χ3n) is 2.84. The Bertz CT molecular complexity index is 571.